The fraction of sp³-hybridized carbons (Fsp3) is 0.435. The van der Waals surface area contributed by atoms with Crippen LogP contribution < -0.4 is 19.7 Å². The van der Waals surface area contributed by atoms with Crippen LogP contribution in [0.15, 0.2) is 36.4 Å². The molecule has 1 N–H and O–H groups in total. The number of hydrogen-bond acceptors (Lipinski definition) is 4. The molecule has 0 aliphatic carbocycles. The van der Waals surface area contributed by atoms with E-state index >= 15 is 0 Å². The minimum atomic E-state index is -0.115. The quantitative estimate of drug-likeness (QED) is 0.794. The fourth-order valence-electron chi connectivity index (χ4n) is 3.86. The number of ether oxygens (including phenoxy) is 2. The normalized spacial score (nSPS) is 13.9. The van der Waals surface area contributed by atoms with E-state index in [1.165, 1.54) is 16.8 Å². The van der Waals surface area contributed by atoms with Gasteiger partial charge < -0.3 is 24.6 Å². The number of aryl methyl sites for hydroxylation is 2. The smallest absolute Gasteiger partial charge is 0.322 e. The highest BCUT2D eigenvalue weighted by molar-refractivity contribution is 5.91. The zero-order valence-electron chi connectivity index (χ0n) is 17.8. The van der Waals surface area contributed by atoms with Crippen molar-refractivity contribution < 1.29 is 14.3 Å². The second-order valence-corrected chi connectivity index (χ2v) is 7.10. The van der Waals surface area contributed by atoms with Gasteiger partial charge >= 0.3 is 6.03 Å². The lowest BCUT2D eigenvalue weighted by atomic mass is 10.0. The average molecular weight is 398 g/mol. The van der Waals surface area contributed by atoms with E-state index in [1.807, 2.05) is 11.0 Å². The van der Waals surface area contributed by atoms with Gasteiger partial charge in [0.05, 0.1) is 19.9 Å². The molecule has 0 atom stereocenters. The summed E-state index contributed by atoms with van der Waals surface area (Å²) >= 11 is 0. The van der Waals surface area contributed by atoms with Crippen molar-refractivity contribution in [2.75, 3.05) is 50.6 Å². The Balaban J connectivity index is 1.68. The predicted octanol–water partition coefficient (Wildman–Crippen LogP) is 4.18. The van der Waals surface area contributed by atoms with Crippen molar-refractivity contribution in [3.05, 3.63) is 47.5 Å². The van der Waals surface area contributed by atoms with E-state index < -0.39 is 0 Å². The Morgan fingerprint density at radius 1 is 0.966 bits per heavy atom. The number of piperazine rings is 1. The maximum Gasteiger partial charge on any atom is 0.322 e. The summed E-state index contributed by atoms with van der Waals surface area (Å²) in [4.78, 5) is 17.1. The fourth-order valence-corrected chi connectivity index (χ4v) is 3.86. The molecule has 0 spiro atoms. The molecular formula is C23H31N3O3. The van der Waals surface area contributed by atoms with E-state index in [2.05, 4.69) is 42.3 Å². The molecule has 6 heteroatoms. The number of hydrogen-bond donors (Lipinski definition) is 1. The first kappa shape index (κ1) is 20.8. The Labute approximate surface area is 173 Å². The molecule has 1 aliphatic rings. The number of urea groups is 1. The number of nitrogens with zero attached hydrogens (tertiary/aromatic N) is 2. The molecule has 0 bridgehead atoms. The minimum absolute atomic E-state index is 0.115. The van der Waals surface area contributed by atoms with Gasteiger partial charge in [0.1, 0.15) is 11.5 Å². The van der Waals surface area contributed by atoms with Crippen molar-refractivity contribution in [3.8, 4) is 11.5 Å². The van der Waals surface area contributed by atoms with Gasteiger partial charge in [0.2, 0.25) is 0 Å². The first-order valence-electron chi connectivity index (χ1n) is 10.2. The Hall–Kier alpha value is -2.89. The first-order chi connectivity index (χ1) is 14.1. The Bertz CT molecular complexity index is 823. The van der Waals surface area contributed by atoms with Crippen molar-refractivity contribution in [1.29, 1.82) is 0 Å². The van der Waals surface area contributed by atoms with Crippen LogP contribution in [-0.4, -0.2) is 51.3 Å². The Morgan fingerprint density at radius 2 is 1.62 bits per heavy atom. The lowest BCUT2D eigenvalue weighted by Gasteiger charge is -2.38. The number of carbonyl (C=O) groups is 1. The molecule has 2 aromatic rings. The second kappa shape index (κ2) is 9.54. The molecule has 0 unspecified atom stereocenters. The van der Waals surface area contributed by atoms with Crippen LogP contribution >= 0.6 is 0 Å². The van der Waals surface area contributed by atoms with Crippen molar-refractivity contribution >= 4 is 17.4 Å². The number of anilines is 2. The molecule has 3 rings (SSSR count). The molecule has 1 fully saturated rings. The summed E-state index contributed by atoms with van der Waals surface area (Å²) in [7, 11) is 3.19. The summed E-state index contributed by atoms with van der Waals surface area (Å²) in [6.07, 6.45) is 2.03. The lowest BCUT2D eigenvalue weighted by molar-refractivity contribution is 0.208. The van der Waals surface area contributed by atoms with E-state index in [0.717, 1.165) is 25.9 Å². The third kappa shape index (κ3) is 4.58. The molecule has 2 aromatic carbocycles. The van der Waals surface area contributed by atoms with Gasteiger partial charge in [-0.2, -0.15) is 0 Å². The van der Waals surface area contributed by atoms with Crippen LogP contribution in [0.2, 0.25) is 0 Å². The van der Waals surface area contributed by atoms with Crippen LogP contribution in [-0.2, 0) is 12.8 Å². The van der Waals surface area contributed by atoms with E-state index in [4.69, 9.17) is 9.47 Å². The highest BCUT2D eigenvalue weighted by Crippen LogP contribution is 2.30. The van der Waals surface area contributed by atoms with Crippen molar-refractivity contribution in [3.63, 3.8) is 0 Å². The molecule has 1 saturated heterocycles. The molecule has 0 radical (unpaired) electrons. The largest absolute Gasteiger partial charge is 0.497 e. The molecule has 0 aromatic heterocycles. The molecule has 2 amide bonds. The molecule has 156 valence electrons. The molecule has 6 nitrogen and oxygen atoms in total. The topological polar surface area (TPSA) is 54.0 Å². The zero-order chi connectivity index (χ0) is 20.8. The van der Waals surface area contributed by atoms with Gasteiger partial charge in [0.25, 0.3) is 0 Å². The maximum atomic E-state index is 12.8. The summed E-state index contributed by atoms with van der Waals surface area (Å²) in [6.45, 7) is 7.41. The van der Waals surface area contributed by atoms with Crippen LogP contribution in [0.4, 0.5) is 16.2 Å². The van der Waals surface area contributed by atoms with E-state index in [-0.39, 0.29) is 6.03 Å². The number of rotatable bonds is 6. The zero-order valence-corrected chi connectivity index (χ0v) is 17.8. The van der Waals surface area contributed by atoms with Crippen molar-refractivity contribution in [2.45, 2.75) is 26.7 Å². The van der Waals surface area contributed by atoms with Crippen LogP contribution in [0.5, 0.6) is 11.5 Å². The molecule has 1 heterocycles. The monoisotopic (exact) mass is 397 g/mol. The molecule has 1 aliphatic heterocycles. The second-order valence-electron chi connectivity index (χ2n) is 7.10. The van der Waals surface area contributed by atoms with Crippen LogP contribution in [0.25, 0.3) is 0 Å². The SMILES string of the molecule is CCc1cccc(CC)c1N1CCN(C(=O)Nc2cc(OC)ccc2OC)CC1. The standard InChI is InChI=1S/C23H31N3O3/c1-5-17-8-7-9-18(6-2)22(17)25-12-14-26(15-13-25)23(27)24-20-16-19(28-3)10-11-21(20)29-4/h7-11,16H,5-6,12-15H2,1-4H3,(H,24,27). The first-order valence-corrected chi connectivity index (χ1v) is 10.2. The van der Waals surface area contributed by atoms with Gasteiger partial charge in [-0.25, -0.2) is 4.79 Å². The molecule has 29 heavy (non-hydrogen) atoms. The number of benzene rings is 2. The van der Waals surface area contributed by atoms with Crippen LogP contribution in [0, 0.1) is 0 Å². The third-order valence-corrected chi connectivity index (χ3v) is 5.50. The van der Waals surface area contributed by atoms with Gasteiger partial charge in [-0.1, -0.05) is 32.0 Å². The number of methoxy groups -OCH3 is 2. The number of nitrogens with one attached hydrogen (secondary N) is 1. The summed E-state index contributed by atoms with van der Waals surface area (Å²) in [5, 5.41) is 2.97. The summed E-state index contributed by atoms with van der Waals surface area (Å²) < 4.78 is 10.6. The average Bonchev–Trinajstić information content (AvgIpc) is 2.78. The number of para-hydroxylation sites is 1. The van der Waals surface area contributed by atoms with Crippen molar-refractivity contribution in [2.24, 2.45) is 0 Å². The Kier molecular flexibility index (Phi) is 6.86. The molecular weight excluding hydrogens is 366 g/mol. The summed E-state index contributed by atoms with van der Waals surface area (Å²) in [5.74, 6) is 1.29. The van der Waals surface area contributed by atoms with E-state index in [9.17, 15) is 4.79 Å². The maximum absolute atomic E-state index is 12.8. The van der Waals surface area contributed by atoms with Gasteiger partial charge in [-0.05, 0) is 36.1 Å². The van der Waals surface area contributed by atoms with Gasteiger partial charge in [0.15, 0.2) is 0 Å². The van der Waals surface area contributed by atoms with Gasteiger partial charge in [0, 0.05) is 37.9 Å². The van der Waals surface area contributed by atoms with Crippen molar-refractivity contribution in [1.82, 2.24) is 4.90 Å². The molecule has 0 saturated carbocycles. The van der Waals surface area contributed by atoms with E-state index in [1.54, 1.807) is 26.4 Å². The third-order valence-electron chi connectivity index (χ3n) is 5.50. The minimum Gasteiger partial charge on any atom is -0.497 e. The number of amides is 2. The van der Waals surface area contributed by atoms with Gasteiger partial charge in [-0.15, -0.1) is 0 Å². The van der Waals surface area contributed by atoms with E-state index in [0.29, 0.717) is 30.3 Å². The highest BCUT2D eigenvalue weighted by Gasteiger charge is 2.24. The number of carbonyl (C=O) groups excluding carboxylic acids is 1. The lowest BCUT2D eigenvalue weighted by Crippen LogP contribution is -2.50. The summed E-state index contributed by atoms with van der Waals surface area (Å²) in [5.41, 5.74) is 4.72. The summed E-state index contributed by atoms with van der Waals surface area (Å²) in [6, 6.07) is 11.8. The van der Waals surface area contributed by atoms with Gasteiger partial charge in [-0.3, -0.25) is 0 Å². The Morgan fingerprint density at radius 3 is 2.17 bits per heavy atom. The predicted molar refractivity (Wildman–Crippen MR) is 118 cm³/mol. The van der Waals surface area contributed by atoms with Crippen LogP contribution in [0.3, 0.4) is 0 Å². The van der Waals surface area contributed by atoms with Crippen LogP contribution in [0.1, 0.15) is 25.0 Å². The highest BCUT2D eigenvalue weighted by atomic mass is 16.5.